The second-order valence-electron chi connectivity index (χ2n) is 6.81. The number of carbonyl (C=O) groups excluding carboxylic acids is 2. The number of rotatable bonds is 4. The number of carbonyl (C=O) groups is 2. The second-order valence-corrected chi connectivity index (χ2v) is 7.86. The zero-order valence-corrected chi connectivity index (χ0v) is 16.6. The van der Waals surface area contributed by atoms with E-state index in [9.17, 15) is 9.59 Å². The highest BCUT2D eigenvalue weighted by molar-refractivity contribution is 7.98. The van der Waals surface area contributed by atoms with Crippen LogP contribution in [0, 0.1) is 0 Å². The maximum Gasteiger partial charge on any atom is 0.253 e. The van der Waals surface area contributed by atoms with Crippen molar-refractivity contribution < 1.29 is 9.59 Å². The fourth-order valence-electron chi connectivity index (χ4n) is 3.31. The van der Waals surface area contributed by atoms with Crippen LogP contribution in [0.25, 0.3) is 5.65 Å². The average molecular weight is 395 g/mol. The van der Waals surface area contributed by atoms with E-state index in [1.54, 1.807) is 23.6 Å². The molecule has 0 N–H and O–H groups in total. The van der Waals surface area contributed by atoms with Crippen LogP contribution in [0.2, 0.25) is 0 Å². The van der Waals surface area contributed by atoms with Crippen LogP contribution in [0.1, 0.15) is 23.0 Å². The first-order chi connectivity index (χ1) is 13.6. The van der Waals surface area contributed by atoms with Gasteiger partial charge in [-0.1, -0.05) is 6.07 Å². The number of fused-ring (bicyclic) bond motifs is 1. The molecule has 1 aromatic carbocycles. The van der Waals surface area contributed by atoms with Gasteiger partial charge in [0.05, 0.1) is 5.69 Å². The van der Waals surface area contributed by atoms with Gasteiger partial charge in [-0.2, -0.15) is 0 Å². The van der Waals surface area contributed by atoms with Gasteiger partial charge in [0.25, 0.3) is 5.91 Å². The molecule has 144 valence electrons. The topological polar surface area (TPSA) is 57.9 Å². The number of hydrogen-bond donors (Lipinski definition) is 0. The van der Waals surface area contributed by atoms with Gasteiger partial charge < -0.3 is 14.2 Å². The third-order valence-electron chi connectivity index (χ3n) is 4.91. The zero-order chi connectivity index (χ0) is 19.5. The van der Waals surface area contributed by atoms with Crippen LogP contribution >= 0.6 is 11.8 Å². The van der Waals surface area contributed by atoms with E-state index in [2.05, 4.69) is 4.98 Å². The normalized spacial score (nSPS) is 14.5. The van der Waals surface area contributed by atoms with E-state index >= 15 is 0 Å². The molecule has 4 rings (SSSR count). The number of imidazole rings is 1. The molecule has 3 heterocycles. The number of hydrogen-bond acceptors (Lipinski definition) is 4. The lowest BCUT2D eigenvalue weighted by atomic mass is 10.2. The number of aromatic nitrogens is 2. The van der Waals surface area contributed by atoms with Crippen LogP contribution in [0.4, 0.5) is 0 Å². The van der Waals surface area contributed by atoms with Crippen LogP contribution < -0.4 is 0 Å². The molecule has 0 unspecified atom stereocenters. The predicted molar refractivity (Wildman–Crippen MR) is 109 cm³/mol. The van der Waals surface area contributed by atoms with E-state index < -0.39 is 0 Å². The fourth-order valence-corrected chi connectivity index (χ4v) is 4.10. The Bertz CT molecular complexity index is 958. The minimum atomic E-state index is 0.0279. The number of amides is 2. The van der Waals surface area contributed by atoms with Crippen molar-refractivity contribution in [2.24, 2.45) is 0 Å². The Morgan fingerprint density at radius 3 is 2.39 bits per heavy atom. The third kappa shape index (κ3) is 4.04. The van der Waals surface area contributed by atoms with Gasteiger partial charge >= 0.3 is 0 Å². The first kappa shape index (κ1) is 18.6. The summed E-state index contributed by atoms with van der Waals surface area (Å²) in [7, 11) is 0. The lowest BCUT2D eigenvalue weighted by Gasteiger charge is -2.34. The Hall–Kier alpha value is -2.80. The molecule has 0 atom stereocenters. The van der Waals surface area contributed by atoms with Crippen molar-refractivity contribution >= 4 is 29.2 Å². The summed E-state index contributed by atoms with van der Waals surface area (Å²) in [5, 5.41) is 0. The van der Waals surface area contributed by atoms with E-state index in [0.717, 1.165) is 22.0 Å². The Labute approximate surface area is 168 Å². The Morgan fingerprint density at radius 2 is 1.71 bits per heavy atom. The van der Waals surface area contributed by atoms with Crippen LogP contribution in [0.3, 0.4) is 0 Å². The smallest absolute Gasteiger partial charge is 0.253 e. The number of piperazine rings is 1. The summed E-state index contributed by atoms with van der Waals surface area (Å²) in [6, 6.07) is 13.7. The minimum absolute atomic E-state index is 0.0279. The van der Waals surface area contributed by atoms with Gasteiger partial charge in [0.1, 0.15) is 5.65 Å². The SMILES string of the molecule is CC(=O)N1CCN(C(=O)c2ccc(SCc3cn4ccccc4n3)cc2)CC1. The van der Waals surface area contributed by atoms with Crippen LogP contribution in [-0.4, -0.2) is 57.2 Å². The highest BCUT2D eigenvalue weighted by Gasteiger charge is 2.23. The molecule has 2 aromatic heterocycles. The van der Waals surface area contributed by atoms with Crippen LogP contribution in [0.5, 0.6) is 0 Å². The molecule has 2 amide bonds. The first-order valence-electron chi connectivity index (χ1n) is 9.30. The molecule has 1 aliphatic heterocycles. The largest absolute Gasteiger partial charge is 0.339 e. The highest BCUT2D eigenvalue weighted by Crippen LogP contribution is 2.23. The lowest BCUT2D eigenvalue weighted by Crippen LogP contribution is -2.50. The standard InChI is InChI=1S/C21H22N4O2S/c1-16(26)23-10-12-24(13-11-23)21(27)17-5-7-19(8-6-17)28-15-18-14-25-9-3-2-4-20(25)22-18/h2-9,14H,10-13,15H2,1H3. The van der Waals surface area contributed by atoms with Gasteiger partial charge in [0.2, 0.25) is 5.91 Å². The Morgan fingerprint density at radius 1 is 1.00 bits per heavy atom. The molecule has 0 aliphatic carbocycles. The van der Waals surface area contributed by atoms with Crippen LogP contribution in [-0.2, 0) is 10.5 Å². The van der Waals surface area contributed by atoms with Gasteiger partial charge in [0.15, 0.2) is 0 Å². The molecule has 1 aliphatic rings. The zero-order valence-electron chi connectivity index (χ0n) is 15.7. The van der Waals surface area contributed by atoms with Crippen molar-refractivity contribution in [1.29, 1.82) is 0 Å². The van der Waals surface area contributed by atoms with Gasteiger partial charge in [-0.05, 0) is 36.4 Å². The quantitative estimate of drug-likeness (QED) is 0.639. The average Bonchev–Trinajstić information content (AvgIpc) is 3.15. The molecule has 0 saturated carbocycles. The summed E-state index contributed by atoms with van der Waals surface area (Å²) in [4.78, 5) is 33.4. The van der Waals surface area contributed by atoms with Gasteiger partial charge in [0, 0.05) is 61.7 Å². The fraction of sp³-hybridized carbons (Fsp3) is 0.286. The summed E-state index contributed by atoms with van der Waals surface area (Å²) >= 11 is 1.70. The van der Waals surface area contributed by atoms with Crippen LogP contribution in [0.15, 0.2) is 59.8 Å². The van der Waals surface area contributed by atoms with E-state index in [1.807, 2.05) is 64.2 Å². The summed E-state index contributed by atoms with van der Waals surface area (Å²) < 4.78 is 2.02. The molecule has 3 aromatic rings. The monoisotopic (exact) mass is 394 g/mol. The van der Waals surface area contributed by atoms with E-state index in [1.165, 1.54) is 0 Å². The van der Waals surface area contributed by atoms with Gasteiger partial charge in [-0.3, -0.25) is 9.59 Å². The summed E-state index contributed by atoms with van der Waals surface area (Å²) in [5.74, 6) is 0.876. The summed E-state index contributed by atoms with van der Waals surface area (Å²) in [5.41, 5.74) is 2.66. The maximum absolute atomic E-state index is 12.7. The number of benzene rings is 1. The molecule has 1 fully saturated rings. The van der Waals surface area contributed by atoms with Crippen molar-refractivity contribution in [3.8, 4) is 0 Å². The molecular formula is C21H22N4O2S. The third-order valence-corrected chi connectivity index (χ3v) is 5.96. The van der Waals surface area contributed by atoms with Gasteiger partial charge in [-0.25, -0.2) is 4.98 Å². The number of pyridine rings is 1. The maximum atomic E-state index is 12.7. The van der Waals surface area contributed by atoms with E-state index in [-0.39, 0.29) is 11.8 Å². The molecule has 6 nitrogen and oxygen atoms in total. The highest BCUT2D eigenvalue weighted by atomic mass is 32.2. The molecule has 0 radical (unpaired) electrons. The van der Waals surface area contributed by atoms with Crippen molar-refractivity contribution in [3.05, 3.63) is 66.1 Å². The first-order valence-corrected chi connectivity index (χ1v) is 10.3. The number of nitrogens with zero attached hydrogens (tertiary/aromatic N) is 4. The van der Waals surface area contributed by atoms with Crippen molar-refractivity contribution in [3.63, 3.8) is 0 Å². The lowest BCUT2D eigenvalue weighted by molar-refractivity contribution is -0.130. The van der Waals surface area contributed by atoms with Crippen molar-refractivity contribution in [2.45, 2.75) is 17.6 Å². The summed E-state index contributed by atoms with van der Waals surface area (Å²) in [6.45, 7) is 3.95. The predicted octanol–water partition coefficient (Wildman–Crippen LogP) is 2.93. The number of thioether (sulfide) groups is 1. The van der Waals surface area contributed by atoms with Crippen molar-refractivity contribution in [1.82, 2.24) is 19.2 Å². The molecule has 1 saturated heterocycles. The molecule has 28 heavy (non-hydrogen) atoms. The van der Waals surface area contributed by atoms with E-state index in [0.29, 0.717) is 31.7 Å². The van der Waals surface area contributed by atoms with Gasteiger partial charge in [-0.15, -0.1) is 11.8 Å². The molecule has 7 heteroatoms. The Kier molecular flexibility index (Phi) is 5.34. The minimum Gasteiger partial charge on any atom is -0.339 e. The Balaban J connectivity index is 1.34. The molecular weight excluding hydrogens is 372 g/mol. The van der Waals surface area contributed by atoms with E-state index in [4.69, 9.17) is 0 Å². The molecule has 0 spiro atoms. The summed E-state index contributed by atoms with van der Waals surface area (Å²) in [6.07, 6.45) is 4.04. The molecule has 0 bridgehead atoms. The van der Waals surface area contributed by atoms with Crippen molar-refractivity contribution in [2.75, 3.05) is 26.2 Å². The second kappa shape index (κ2) is 8.06.